The van der Waals surface area contributed by atoms with Gasteiger partial charge in [0.1, 0.15) is 0 Å². The van der Waals surface area contributed by atoms with Gasteiger partial charge in [-0.05, 0) is 18.7 Å². The lowest BCUT2D eigenvalue weighted by atomic mass is 10.2. The number of amides is 2. The second kappa shape index (κ2) is 12.0. The Hall–Kier alpha value is -1.68. The molecule has 2 rings (SSSR count). The molecule has 0 atom stereocenters. The second-order valence-electron chi connectivity index (χ2n) is 6.30. The van der Waals surface area contributed by atoms with Gasteiger partial charge < -0.3 is 15.5 Å². The van der Waals surface area contributed by atoms with E-state index in [0.717, 1.165) is 6.54 Å². The summed E-state index contributed by atoms with van der Waals surface area (Å²) in [5.41, 5.74) is 0. The predicted octanol–water partition coefficient (Wildman–Crippen LogP) is 0.447. The minimum absolute atomic E-state index is 0. The largest absolute Gasteiger partial charge is 0.355 e. The number of rotatable bonds is 9. The SMILES string of the molecule is CCNCCNC(=O)CCC(=O)N1CCN(S(=O)(=O)c2ccccc2)CC1.Cl. The fourth-order valence-electron chi connectivity index (χ4n) is 2.85. The van der Waals surface area contributed by atoms with E-state index < -0.39 is 10.0 Å². The number of nitrogens with zero attached hydrogens (tertiary/aromatic N) is 2. The van der Waals surface area contributed by atoms with E-state index in [1.165, 1.54) is 4.31 Å². The number of carbonyl (C=O) groups excluding carboxylic acids is 2. The number of hydrogen-bond acceptors (Lipinski definition) is 5. The molecule has 0 aromatic heterocycles. The third kappa shape index (κ3) is 7.05. The van der Waals surface area contributed by atoms with E-state index in [1.54, 1.807) is 35.2 Å². The van der Waals surface area contributed by atoms with Crippen LogP contribution >= 0.6 is 12.4 Å². The van der Waals surface area contributed by atoms with Crippen LogP contribution in [0.1, 0.15) is 19.8 Å². The van der Waals surface area contributed by atoms with Crippen LogP contribution in [-0.2, 0) is 19.6 Å². The predicted molar refractivity (Wildman–Crippen MR) is 110 cm³/mol. The maximum Gasteiger partial charge on any atom is 0.243 e. The first-order chi connectivity index (χ1) is 12.9. The molecule has 0 unspecified atom stereocenters. The lowest BCUT2D eigenvalue weighted by molar-refractivity contribution is -0.134. The summed E-state index contributed by atoms with van der Waals surface area (Å²) in [6, 6.07) is 8.29. The Morgan fingerprint density at radius 3 is 2.25 bits per heavy atom. The van der Waals surface area contributed by atoms with Crippen molar-refractivity contribution in [1.29, 1.82) is 0 Å². The van der Waals surface area contributed by atoms with Gasteiger partial charge in [0.2, 0.25) is 21.8 Å². The Morgan fingerprint density at radius 2 is 1.64 bits per heavy atom. The zero-order valence-corrected chi connectivity index (χ0v) is 17.7. The molecular formula is C18H29ClN4O4S. The minimum atomic E-state index is -3.53. The molecule has 0 radical (unpaired) electrons. The molecule has 1 saturated heterocycles. The molecule has 1 heterocycles. The summed E-state index contributed by atoms with van der Waals surface area (Å²) in [7, 11) is -3.53. The zero-order valence-electron chi connectivity index (χ0n) is 16.1. The Morgan fingerprint density at radius 1 is 1.00 bits per heavy atom. The fraction of sp³-hybridized carbons (Fsp3) is 0.556. The minimum Gasteiger partial charge on any atom is -0.355 e. The third-order valence-electron chi connectivity index (χ3n) is 4.41. The molecule has 2 amide bonds. The molecule has 1 aromatic carbocycles. The zero-order chi connectivity index (χ0) is 19.7. The number of nitrogens with one attached hydrogen (secondary N) is 2. The summed E-state index contributed by atoms with van der Waals surface area (Å²) in [6.45, 7) is 5.28. The first kappa shape index (κ1) is 24.4. The standard InChI is InChI=1S/C18H28N4O4S.ClH/c1-2-19-10-11-20-17(23)8-9-18(24)21-12-14-22(15-13-21)27(25,26)16-6-4-3-5-7-16;/h3-7,19H,2,8-15H2,1H3,(H,20,23);1H. The van der Waals surface area contributed by atoms with Crippen LogP contribution < -0.4 is 10.6 Å². The van der Waals surface area contributed by atoms with Crippen molar-refractivity contribution in [2.24, 2.45) is 0 Å². The highest BCUT2D eigenvalue weighted by atomic mass is 35.5. The first-order valence-electron chi connectivity index (χ1n) is 9.25. The van der Waals surface area contributed by atoms with Gasteiger partial charge in [-0.25, -0.2) is 8.42 Å². The maximum atomic E-state index is 12.6. The first-order valence-corrected chi connectivity index (χ1v) is 10.7. The Labute approximate surface area is 173 Å². The topological polar surface area (TPSA) is 98.8 Å². The molecule has 0 saturated carbocycles. The van der Waals surface area contributed by atoms with E-state index in [-0.39, 0.29) is 55.0 Å². The molecule has 1 fully saturated rings. The molecular weight excluding hydrogens is 404 g/mol. The summed E-state index contributed by atoms with van der Waals surface area (Å²) in [6.07, 6.45) is 0.284. The third-order valence-corrected chi connectivity index (χ3v) is 6.33. The van der Waals surface area contributed by atoms with Crippen molar-refractivity contribution >= 4 is 34.2 Å². The monoisotopic (exact) mass is 432 g/mol. The van der Waals surface area contributed by atoms with Crippen LogP contribution in [0.2, 0.25) is 0 Å². The maximum absolute atomic E-state index is 12.6. The van der Waals surface area contributed by atoms with E-state index in [2.05, 4.69) is 10.6 Å². The molecule has 0 spiro atoms. The molecule has 0 aliphatic carbocycles. The molecule has 0 bridgehead atoms. The lowest BCUT2D eigenvalue weighted by Crippen LogP contribution is -2.50. The lowest BCUT2D eigenvalue weighted by Gasteiger charge is -2.34. The number of hydrogen-bond donors (Lipinski definition) is 2. The number of benzene rings is 1. The van der Waals surface area contributed by atoms with Crippen LogP contribution in [0, 0.1) is 0 Å². The van der Waals surface area contributed by atoms with Gasteiger partial charge in [-0.1, -0.05) is 25.1 Å². The Balaban J connectivity index is 0.00000392. The van der Waals surface area contributed by atoms with Crippen LogP contribution in [0.3, 0.4) is 0 Å². The van der Waals surface area contributed by atoms with E-state index in [9.17, 15) is 18.0 Å². The molecule has 158 valence electrons. The van der Waals surface area contributed by atoms with Crippen LogP contribution in [0.25, 0.3) is 0 Å². The van der Waals surface area contributed by atoms with Crippen LogP contribution in [0.5, 0.6) is 0 Å². The van der Waals surface area contributed by atoms with Crippen LogP contribution in [0.4, 0.5) is 0 Å². The van der Waals surface area contributed by atoms with Crippen molar-refractivity contribution in [1.82, 2.24) is 19.8 Å². The molecule has 10 heteroatoms. The van der Waals surface area contributed by atoms with Crippen molar-refractivity contribution in [3.05, 3.63) is 30.3 Å². The van der Waals surface area contributed by atoms with Gasteiger partial charge in [0, 0.05) is 52.1 Å². The van der Waals surface area contributed by atoms with Gasteiger partial charge in [-0.2, -0.15) is 4.31 Å². The van der Waals surface area contributed by atoms with Crippen molar-refractivity contribution < 1.29 is 18.0 Å². The van der Waals surface area contributed by atoms with Crippen molar-refractivity contribution in [2.45, 2.75) is 24.7 Å². The quantitative estimate of drug-likeness (QED) is 0.552. The van der Waals surface area contributed by atoms with E-state index in [1.807, 2.05) is 6.92 Å². The van der Waals surface area contributed by atoms with Gasteiger partial charge in [0.05, 0.1) is 4.90 Å². The highest BCUT2D eigenvalue weighted by Crippen LogP contribution is 2.17. The molecule has 1 aromatic rings. The summed E-state index contributed by atoms with van der Waals surface area (Å²) in [5.74, 6) is -0.264. The summed E-state index contributed by atoms with van der Waals surface area (Å²) >= 11 is 0. The number of likely N-dealkylation sites (N-methyl/N-ethyl adjacent to an activating group) is 1. The molecule has 2 N–H and O–H groups in total. The normalized spacial score (nSPS) is 15.0. The van der Waals surface area contributed by atoms with Gasteiger partial charge >= 0.3 is 0 Å². The smallest absolute Gasteiger partial charge is 0.243 e. The van der Waals surface area contributed by atoms with Crippen molar-refractivity contribution in [2.75, 3.05) is 45.8 Å². The van der Waals surface area contributed by atoms with Gasteiger partial charge in [-0.3, -0.25) is 9.59 Å². The average molecular weight is 433 g/mol. The Bertz CT molecular complexity index is 722. The summed E-state index contributed by atoms with van der Waals surface area (Å²) in [5, 5.41) is 5.87. The molecule has 8 nitrogen and oxygen atoms in total. The fourth-order valence-corrected chi connectivity index (χ4v) is 4.30. The van der Waals surface area contributed by atoms with Gasteiger partial charge in [-0.15, -0.1) is 12.4 Å². The molecule has 1 aliphatic rings. The second-order valence-corrected chi connectivity index (χ2v) is 8.24. The number of halogens is 1. The summed E-state index contributed by atoms with van der Waals surface area (Å²) in [4.78, 5) is 25.9. The van der Waals surface area contributed by atoms with Crippen LogP contribution in [0.15, 0.2) is 35.2 Å². The Kier molecular flexibility index (Phi) is 10.4. The van der Waals surface area contributed by atoms with E-state index in [4.69, 9.17) is 0 Å². The van der Waals surface area contributed by atoms with E-state index in [0.29, 0.717) is 26.2 Å². The van der Waals surface area contributed by atoms with E-state index >= 15 is 0 Å². The van der Waals surface area contributed by atoms with Crippen molar-refractivity contribution in [3.63, 3.8) is 0 Å². The van der Waals surface area contributed by atoms with Gasteiger partial charge in [0.25, 0.3) is 0 Å². The number of sulfonamides is 1. The molecule has 1 aliphatic heterocycles. The number of carbonyl (C=O) groups is 2. The highest BCUT2D eigenvalue weighted by Gasteiger charge is 2.29. The number of piperazine rings is 1. The highest BCUT2D eigenvalue weighted by molar-refractivity contribution is 7.89. The average Bonchev–Trinajstić information content (AvgIpc) is 2.70. The van der Waals surface area contributed by atoms with Crippen molar-refractivity contribution in [3.8, 4) is 0 Å². The summed E-state index contributed by atoms with van der Waals surface area (Å²) < 4.78 is 26.6. The molecule has 28 heavy (non-hydrogen) atoms. The van der Waals surface area contributed by atoms with Crippen LogP contribution in [-0.4, -0.2) is 75.3 Å². The van der Waals surface area contributed by atoms with Gasteiger partial charge in [0.15, 0.2) is 0 Å².